The number of thioether (sulfide) groups is 1. The van der Waals surface area contributed by atoms with E-state index in [0.29, 0.717) is 13.1 Å². The quantitative estimate of drug-likeness (QED) is 0.742. The second-order valence-electron chi connectivity index (χ2n) is 4.60. The Morgan fingerprint density at radius 2 is 2.06 bits per heavy atom. The zero-order chi connectivity index (χ0) is 13.5. The lowest BCUT2D eigenvalue weighted by Crippen LogP contribution is -2.48. The van der Waals surface area contributed by atoms with Crippen LogP contribution in [0.25, 0.3) is 0 Å². The van der Waals surface area contributed by atoms with Gasteiger partial charge in [-0.25, -0.2) is 0 Å². The van der Waals surface area contributed by atoms with E-state index in [2.05, 4.69) is 5.32 Å². The first-order chi connectivity index (χ1) is 8.60. The monoisotopic (exact) mass is 273 g/mol. The van der Waals surface area contributed by atoms with E-state index in [1.54, 1.807) is 23.7 Å². The van der Waals surface area contributed by atoms with E-state index in [1.807, 2.05) is 6.26 Å². The molecule has 0 aromatic carbocycles. The van der Waals surface area contributed by atoms with Crippen molar-refractivity contribution in [3.63, 3.8) is 0 Å². The Morgan fingerprint density at radius 1 is 1.44 bits per heavy atom. The lowest BCUT2D eigenvalue weighted by atomic mass is 9.95. The molecule has 1 heterocycles. The second-order valence-corrected chi connectivity index (χ2v) is 5.59. The summed E-state index contributed by atoms with van der Waals surface area (Å²) in [6.45, 7) is 1.29. The molecular weight excluding hydrogens is 250 g/mol. The first-order valence-electron chi connectivity index (χ1n) is 6.35. The molecule has 0 aromatic rings. The van der Waals surface area contributed by atoms with Crippen LogP contribution in [0.2, 0.25) is 0 Å². The molecule has 2 amide bonds. The Labute approximate surface area is 113 Å². The third-order valence-electron chi connectivity index (χ3n) is 3.37. The van der Waals surface area contributed by atoms with Crippen LogP contribution in [0.4, 0.5) is 0 Å². The van der Waals surface area contributed by atoms with Gasteiger partial charge in [0.1, 0.15) is 0 Å². The highest BCUT2D eigenvalue weighted by molar-refractivity contribution is 7.98. The van der Waals surface area contributed by atoms with E-state index in [1.165, 1.54) is 0 Å². The molecule has 18 heavy (non-hydrogen) atoms. The summed E-state index contributed by atoms with van der Waals surface area (Å²) in [6.07, 6.45) is 4.20. The molecule has 1 saturated heterocycles. The standard InChI is InChI=1S/C12H23N3O2S/c1-14-11(16)9-3-6-15(7-4-9)12(17)10(13)5-8-18-2/h9-10H,3-8,13H2,1-2H3,(H,14,16)/t10-/m0/s1. The van der Waals surface area contributed by atoms with Crippen molar-refractivity contribution in [3.05, 3.63) is 0 Å². The minimum atomic E-state index is -0.394. The second kappa shape index (κ2) is 7.63. The normalized spacial score (nSPS) is 18.5. The summed E-state index contributed by atoms with van der Waals surface area (Å²) in [5.74, 6) is 1.05. The van der Waals surface area contributed by atoms with Crippen LogP contribution in [0, 0.1) is 5.92 Å². The molecule has 0 aromatic heterocycles. The first-order valence-corrected chi connectivity index (χ1v) is 7.74. The molecule has 0 saturated carbocycles. The highest BCUT2D eigenvalue weighted by Crippen LogP contribution is 2.18. The molecule has 0 bridgehead atoms. The van der Waals surface area contributed by atoms with Crippen LogP contribution >= 0.6 is 11.8 Å². The Kier molecular flexibility index (Phi) is 6.49. The zero-order valence-electron chi connectivity index (χ0n) is 11.1. The first kappa shape index (κ1) is 15.3. The Morgan fingerprint density at radius 3 is 2.56 bits per heavy atom. The SMILES string of the molecule is CNC(=O)C1CCN(C(=O)[C@@H](N)CCSC)CC1. The van der Waals surface area contributed by atoms with Gasteiger partial charge in [-0.1, -0.05) is 0 Å². The maximum Gasteiger partial charge on any atom is 0.239 e. The van der Waals surface area contributed by atoms with Gasteiger partial charge >= 0.3 is 0 Å². The van der Waals surface area contributed by atoms with Crippen molar-refractivity contribution >= 4 is 23.6 Å². The maximum absolute atomic E-state index is 12.0. The number of nitrogens with two attached hydrogens (primary N) is 1. The number of hydrogen-bond acceptors (Lipinski definition) is 4. The van der Waals surface area contributed by atoms with Gasteiger partial charge in [-0.3, -0.25) is 9.59 Å². The van der Waals surface area contributed by atoms with Crippen molar-refractivity contribution in [3.8, 4) is 0 Å². The molecule has 0 aliphatic carbocycles. The van der Waals surface area contributed by atoms with Crippen molar-refractivity contribution in [2.45, 2.75) is 25.3 Å². The van der Waals surface area contributed by atoms with Gasteiger partial charge in [0.2, 0.25) is 11.8 Å². The number of rotatable bonds is 5. The number of carbonyl (C=O) groups is 2. The minimum Gasteiger partial charge on any atom is -0.359 e. The summed E-state index contributed by atoms with van der Waals surface area (Å²) in [6, 6.07) is -0.394. The Hall–Kier alpha value is -0.750. The van der Waals surface area contributed by atoms with E-state index in [9.17, 15) is 9.59 Å². The van der Waals surface area contributed by atoms with E-state index in [0.717, 1.165) is 25.0 Å². The molecule has 6 heteroatoms. The van der Waals surface area contributed by atoms with E-state index < -0.39 is 6.04 Å². The molecule has 0 radical (unpaired) electrons. The lowest BCUT2D eigenvalue weighted by Gasteiger charge is -2.32. The Bertz CT molecular complexity index is 291. The molecule has 1 atom stereocenters. The predicted molar refractivity (Wildman–Crippen MR) is 74.3 cm³/mol. The summed E-state index contributed by atoms with van der Waals surface area (Å²) in [4.78, 5) is 25.3. The highest BCUT2D eigenvalue weighted by Gasteiger charge is 2.28. The average Bonchev–Trinajstić information content (AvgIpc) is 2.43. The molecular formula is C12H23N3O2S. The summed E-state index contributed by atoms with van der Waals surface area (Å²) in [5.41, 5.74) is 5.87. The molecule has 0 unspecified atom stereocenters. The van der Waals surface area contributed by atoms with Gasteiger partial charge in [0.15, 0.2) is 0 Å². The van der Waals surface area contributed by atoms with Gasteiger partial charge in [0, 0.05) is 26.1 Å². The largest absolute Gasteiger partial charge is 0.359 e. The molecule has 3 N–H and O–H groups in total. The summed E-state index contributed by atoms with van der Waals surface area (Å²) < 4.78 is 0. The van der Waals surface area contributed by atoms with Crippen molar-refractivity contribution in [2.24, 2.45) is 11.7 Å². The Balaban J connectivity index is 2.37. The third kappa shape index (κ3) is 4.17. The number of likely N-dealkylation sites (tertiary alicyclic amines) is 1. The van der Waals surface area contributed by atoms with Crippen LogP contribution in [-0.2, 0) is 9.59 Å². The van der Waals surface area contributed by atoms with Crippen LogP contribution < -0.4 is 11.1 Å². The highest BCUT2D eigenvalue weighted by atomic mass is 32.2. The fourth-order valence-corrected chi connectivity index (χ4v) is 2.66. The molecule has 0 spiro atoms. The van der Waals surface area contributed by atoms with Crippen LogP contribution in [0.5, 0.6) is 0 Å². The summed E-state index contributed by atoms with van der Waals surface area (Å²) in [7, 11) is 1.65. The van der Waals surface area contributed by atoms with Gasteiger partial charge in [-0.05, 0) is 31.3 Å². The number of hydrogen-bond donors (Lipinski definition) is 2. The van der Waals surface area contributed by atoms with Gasteiger partial charge in [-0.15, -0.1) is 0 Å². The number of nitrogens with zero attached hydrogens (tertiary/aromatic N) is 1. The van der Waals surface area contributed by atoms with Crippen LogP contribution in [0.3, 0.4) is 0 Å². The third-order valence-corrected chi connectivity index (χ3v) is 4.02. The smallest absolute Gasteiger partial charge is 0.239 e. The molecule has 1 aliphatic heterocycles. The van der Waals surface area contributed by atoms with Gasteiger partial charge in [-0.2, -0.15) is 11.8 Å². The fourth-order valence-electron chi connectivity index (χ4n) is 2.17. The van der Waals surface area contributed by atoms with E-state index >= 15 is 0 Å². The van der Waals surface area contributed by atoms with Crippen molar-refractivity contribution in [2.75, 3.05) is 32.1 Å². The van der Waals surface area contributed by atoms with Crippen LogP contribution in [0.15, 0.2) is 0 Å². The molecule has 1 fully saturated rings. The van der Waals surface area contributed by atoms with Crippen molar-refractivity contribution in [1.29, 1.82) is 0 Å². The number of nitrogens with one attached hydrogen (secondary N) is 1. The van der Waals surface area contributed by atoms with E-state index in [4.69, 9.17) is 5.73 Å². The van der Waals surface area contributed by atoms with Gasteiger partial charge in [0.05, 0.1) is 6.04 Å². The van der Waals surface area contributed by atoms with Crippen LogP contribution in [0.1, 0.15) is 19.3 Å². The van der Waals surface area contributed by atoms with Crippen molar-refractivity contribution < 1.29 is 9.59 Å². The summed E-state index contributed by atoms with van der Waals surface area (Å²) >= 11 is 1.70. The predicted octanol–water partition coefficient (Wildman–Crippen LogP) is 0.0514. The van der Waals surface area contributed by atoms with Crippen molar-refractivity contribution in [1.82, 2.24) is 10.2 Å². The number of carbonyl (C=O) groups excluding carboxylic acids is 2. The maximum atomic E-state index is 12.0. The summed E-state index contributed by atoms with van der Waals surface area (Å²) in [5, 5.41) is 2.66. The molecule has 5 nitrogen and oxygen atoms in total. The lowest BCUT2D eigenvalue weighted by molar-refractivity contribution is -0.136. The van der Waals surface area contributed by atoms with E-state index in [-0.39, 0.29) is 17.7 Å². The molecule has 104 valence electrons. The average molecular weight is 273 g/mol. The molecule has 1 rings (SSSR count). The number of amides is 2. The topological polar surface area (TPSA) is 75.4 Å². The number of piperidine rings is 1. The van der Waals surface area contributed by atoms with Gasteiger partial charge < -0.3 is 16.0 Å². The van der Waals surface area contributed by atoms with Crippen LogP contribution in [-0.4, -0.2) is 54.9 Å². The fraction of sp³-hybridized carbons (Fsp3) is 0.833. The minimum absolute atomic E-state index is 0.0272. The van der Waals surface area contributed by atoms with Gasteiger partial charge in [0.25, 0.3) is 0 Å². The molecule has 1 aliphatic rings. The zero-order valence-corrected chi connectivity index (χ0v) is 12.0.